The Balaban J connectivity index is 2.35. The number of benzene rings is 1. The van der Waals surface area contributed by atoms with Crippen LogP contribution in [0.2, 0.25) is 4.34 Å². The summed E-state index contributed by atoms with van der Waals surface area (Å²) in [5, 5.41) is 3.58. The SMILES string of the molecule is CCCNC(c1cccc(Br)c1)c1cc(Br)c(Cl)s1. The second-order valence-electron chi connectivity index (χ2n) is 4.21. The molecule has 1 aromatic heterocycles. The van der Waals surface area contributed by atoms with Crippen molar-refractivity contribution >= 4 is 54.8 Å². The second kappa shape index (κ2) is 7.23. The van der Waals surface area contributed by atoms with Crippen LogP contribution >= 0.6 is 54.8 Å². The molecule has 19 heavy (non-hydrogen) atoms. The third-order valence-electron chi connectivity index (χ3n) is 2.73. The average Bonchev–Trinajstić information content (AvgIpc) is 2.70. The minimum absolute atomic E-state index is 0.186. The van der Waals surface area contributed by atoms with Gasteiger partial charge in [-0.3, -0.25) is 0 Å². The Kier molecular flexibility index (Phi) is 5.90. The first-order valence-corrected chi connectivity index (χ1v) is 8.83. The number of hydrogen-bond donors (Lipinski definition) is 1. The fourth-order valence-electron chi connectivity index (χ4n) is 1.86. The van der Waals surface area contributed by atoms with Crippen molar-refractivity contribution in [3.63, 3.8) is 0 Å². The van der Waals surface area contributed by atoms with Crippen LogP contribution in [0.4, 0.5) is 0 Å². The number of thiophene rings is 1. The number of hydrogen-bond acceptors (Lipinski definition) is 2. The molecule has 0 spiro atoms. The van der Waals surface area contributed by atoms with Gasteiger partial charge in [0.25, 0.3) is 0 Å². The highest BCUT2D eigenvalue weighted by Crippen LogP contribution is 2.37. The molecule has 0 aliphatic rings. The summed E-state index contributed by atoms with van der Waals surface area (Å²) in [5.41, 5.74) is 1.24. The van der Waals surface area contributed by atoms with Gasteiger partial charge in [-0.05, 0) is 52.7 Å². The van der Waals surface area contributed by atoms with Crippen LogP contribution in [0.5, 0.6) is 0 Å². The van der Waals surface area contributed by atoms with Gasteiger partial charge in [-0.2, -0.15) is 0 Å². The largest absolute Gasteiger partial charge is 0.306 e. The van der Waals surface area contributed by atoms with Crippen LogP contribution in [0.15, 0.2) is 39.3 Å². The minimum Gasteiger partial charge on any atom is -0.306 e. The predicted octanol–water partition coefficient (Wildman–Crippen LogP) is 6.02. The highest BCUT2D eigenvalue weighted by atomic mass is 79.9. The molecule has 0 fully saturated rings. The first-order valence-electron chi connectivity index (χ1n) is 6.05. The van der Waals surface area contributed by atoms with Crippen molar-refractivity contribution in [2.75, 3.05) is 6.54 Å². The quantitative estimate of drug-likeness (QED) is 0.620. The molecule has 1 N–H and O–H groups in total. The molecule has 0 aliphatic heterocycles. The zero-order valence-electron chi connectivity index (χ0n) is 10.4. The van der Waals surface area contributed by atoms with Crippen LogP contribution in [-0.4, -0.2) is 6.54 Å². The van der Waals surface area contributed by atoms with Gasteiger partial charge in [0.2, 0.25) is 0 Å². The lowest BCUT2D eigenvalue weighted by Crippen LogP contribution is -2.22. The summed E-state index contributed by atoms with van der Waals surface area (Å²) < 4.78 is 2.86. The van der Waals surface area contributed by atoms with Gasteiger partial charge in [0.1, 0.15) is 4.34 Å². The monoisotopic (exact) mass is 421 g/mol. The van der Waals surface area contributed by atoms with E-state index in [9.17, 15) is 0 Å². The lowest BCUT2D eigenvalue weighted by atomic mass is 10.1. The Morgan fingerprint density at radius 3 is 2.68 bits per heavy atom. The fraction of sp³-hybridized carbons (Fsp3) is 0.286. The standard InChI is InChI=1S/C14H14Br2ClNS/c1-2-6-18-13(9-4-3-5-10(15)7-9)12-8-11(16)14(17)19-12/h3-5,7-8,13,18H,2,6H2,1H3. The minimum atomic E-state index is 0.186. The van der Waals surface area contributed by atoms with Gasteiger partial charge in [0.15, 0.2) is 0 Å². The Bertz CT molecular complexity index is 537. The van der Waals surface area contributed by atoms with Gasteiger partial charge in [-0.15, -0.1) is 11.3 Å². The van der Waals surface area contributed by atoms with E-state index < -0.39 is 0 Å². The van der Waals surface area contributed by atoms with E-state index in [4.69, 9.17) is 11.6 Å². The summed E-state index contributed by atoms with van der Waals surface area (Å²) in [6, 6.07) is 10.7. The molecule has 1 nitrogen and oxygen atoms in total. The van der Waals surface area contributed by atoms with Crippen molar-refractivity contribution in [3.8, 4) is 0 Å². The molecule has 0 amide bonds. The Morgan fingerprint density at radius 1 is 1.32 bits per heavy atom. The Hall–Kier alpha value is 0.130. The van der Waals surface area contributed by atoms with Crippen LogP contribution in [0.3, 0.4) is 0 Å². The van der Waals surface area contributed by atoms with Gasteiger partial charge in [-0.25, -0.2) is 0 Å². The van der Waals surface area contributed by atoms with Gasteiger partial charge in [-0.1, -0.05) is 46.6 Å². The summed E-state index contributed by atoms with van der Waals surface area (Å²) in [6.07, 6.45) is 1.10. The van der Waals surface area contributed by atoms with E-state index in [0.29, 0.717) is 0 Å². The molecular formula is C14H14Br2ClNS. The van der Waals surface area contributed by atoms with E-state index in [1.807, 2.05) is 6.07 Å². The first kappa shape index (κ1) is 15.5. The van der Waals surface area contributed by atoms with Gasteiger partial charge < -0.3 is 5.32 Å². The molecule has 0 saturated carbocycles. The molecular weight excluding hydrogens is 409 g/mol. The first-order chi connectivity index (χ1) is 9.11. The molecule has 102 valence electrons. The van der Waals surface area contributed by atoms with E-state index in [1.165, 1.54) is 10.4 Å². The number of halogens is 3. The molecule has 1 atom stereocenters. The topological polar surface area (TPSA) is 12.0 Å². The molecule has 2 aromatic rings. The summed E-state index contributed by atoms with van der Waals surface area (Å²) in [6.45, 7) is 3.15. The zero-order chi connectivity index (χ0) is 13.8. The Morgan fingerprint density at radius 2 is 2.11 bits per heavy atom. The third kappa shape index (κ3) is 4.05. The third-order valence-corrected chi connectivity index (χ3v) is 5.76. The van der Waals surface area contributed by atoms with Crippen LogP contribution < -0.4 is 5.32 Å². The fourth-order valence-corrected chi connectivity index (χ4v) is 4.12. The molecule has 2 rings (SSSR count). The van der Waals surface area contributed by atoms with Crippen molar-refractivity contribution in [3.05, 3.63) is 54.1 Å². The maximum Gasteiger partial charge on any atom is 0.107 e. The maximum absolute atomic E-state index is 6.16. The molecule has 0 aliphatic carbocycles. The molecule has 1 aromatic carbocycles. The van der Waals surface area contributed by atoms with Crippen molar-refractivity contribution in [2.45, 2.75) is 19.4 Å². The molecule has 0 saturated heterocycles. The van der Waals surface area contributed by atoms with Crippen LogP contribution in [0.1, 0.15) is 29.8 Å². The summed E-state index contributed by atoms with van der Waals surface area (Å²) >= 11 is 14.8. The van der Waals surface area contributed by atoms with E-state index in [0.717, 1.165) is 26.2 Å². The average molecular weight is 424 g/mol. The lowest BCUT2D eigenvalue weighted by Gasteiger charge is -2.18. The van der Waals surface area contributed by atoms with Gasteiger partial charge >= 0.3 is 0 Å². The van der Waals surface area contributed by atoms with Crippen LogP contribution in [0.25, 0.3) is 0 Å². The molecule has 1 heterocycles. The van der Waals surface area contributed by atoms with Crippen molar-refractivity contribution in [1.29, 1.82) is 0 Å². The van der Waals surface area contributed by atoms with Crippen LogP contribution in [-0.2, 0) is 0 Å². The summed E-state index contributed by atoms with van der Waals surface area (Å²) in [5.74, 6) is 0. The van der Waals surface area contributed by atoms with Gasteiger partial charge in [0, 0.05) is 13.8 Å². The maximum atomic E-state index is 6.16. The molecule has 1 unspecified atom stereocenters. The van der Waals surface area contributed by atoms with Crippen LogP contribution in [0, 0.1) is 0 Å². The van der Waals surface area contributed by atoms with Gasteiger partial charge in [0.05, 0.1) is 6.04 Å². The Labute approximate surface area is 139 Å². The van der Waals surface area contributed by atoms with E-state index in [-0.39, 0.29) is 6.04 Å². The molecule has 5 heteroatoms. The lowest BCUT2D eigenvalue weighted by molar-refractivity contribution is 0.605. The van der Waals surface area contributed by atoms with E-state index in [2.05, 4.69) is 68.4 Å². The molecule has 0 bridgehead atoms. The zero-order valence-corrected chi connectivity index (χ0v) is 15.2. The number of rotatable bonds is 5. The van der Waals surface area contributed by atoms with Crippen molar-refractivity contribution in [2.24, 2.45) is 0 Å². The predicted molar refractivity (Wildman–Crippen MR) is 91.3 cm³/mol. The smallest absolute Gasteiger partial charge is 0.107 e. The second-order valence-corrected chi connectivity index (χ2v) is 7.67. The number of nitrogens with one attached hydrogen (secondary N) is 1. The normalized spacial score (nSPS) is 12.6. The highest BCUT2D eigenvalue weighted by Gasteiger charge is 2.17. The van der Waals surface area contributed by atoms with Crippen molar-refractivity contribution in [1.82, 2.24) is 5.32 Å². The summed E-state index contributed by atoms with van der Waals surface area (Å²) in [4.78, 5) is 1.23. The highest BCUT2D eigenvalue weighted by molar-refractivity contribution is 9.10. The van der Waals surface area contributed by atoms with E-state index in [1.54, 1.807) is 11.3 Å². The molecule has 0 radical (unpaired) electrons. The summed E-state index contributed by atoms with van der Waals surface area (Å²) in [7, 11) is 0. The van der Waals surface area contributed by atoms with E-state index >= 15 is 0 Å². The van der Waals surface area contributed by atoms with Crippen molar-refractivity contribution < 1.29 is 0 Å².